The van der Waals surface area contributed by atoms with Crippen LogP contribution in [0.3, 0.4) is 0 Å². The number of nitrogens with zero attached hydrogens (tertiary/aromatic N) is 1. The minimum Gasteiger partial charge on any atom is -0.361 e. The Morgan fingerprint density at radius 1 is 0.775 bits per heavy atom. The van der Waals surface area contributed by atoms with Gasteiger partial charge < -0.3 is 10.3 Å². The maximum Gasteiger partial charge on any atom is 0.277 e. The Bertz CT molecular complexity index is 1860. The van der Waals surface area contributed by atoms with Crippen LogP contribution < -0.4 is 9.03 Å². The number of hydrogen-bond donors (Lipinski definition) is 2. The van der Waals surface area contributed by atoms with Gasteiger partial charge in [-0.1, -0.05) is 36.4 Å². The molecule has 0 unspecified atom stereocenters. The molecule has 5 aromatic rings. The normalized spacial score (nSPS) is 11.8. The SMILES string of the molecule is O=C(Cc1c[nH]c2cc(F)ccc12)Nc1ccc(F)c(N(S(=O)(=O)c2ccccc2)S(=O)(=O)c2ccccc2)c1. The molecule has 0 aliphatic carbocycles. The summed E-state index contributed by atoms with van der Waals surface area (Å²) in [6.07, 6.45) is 1.41. The summed E-state index contributed by atoms with van der Waals surface area (Å²) in [6, 6.07) is 20.6. The highest BCUT2D eigenvalue weighted by Crippen LogP contribution is 2.34. The van der Waals surface area contributed by atoms with Crippen molar-refractivity contribution in [1.82, 2.24) is 4.98 Å². The standard InChI is InChI=1S/C28H21F2N3O5S2/c29-20-11-13-24-19(18-31-26(24)16-20)15-28(34)32-21-12-14-25(30)27(17-21)33(39(35,36)22-7-3-1-4-8-22)40(37,38)23-9-5-2-6-10-23/h1-14,16-18,31H,15H2,(H,32,34). The van der Waals surface area contributed by atoms with Gasteiger partial charge in [0.1, 0.15) is 17.3 Å². The van der Waals surface area contributed by atoms with Gasteiger partial charge in [-0.3, -0.25) is 4.79 Å². The van der Waals surface area contributed by atoms with Crippen molar-refractivity contribution in [3.05, 3.63) is 120 Å². The first-order chi connectivity index (χ1) is 19.1. The van der Waals surface area contributed by atoms with Crippen LogP contribution in [0.2, 0.25) is 0 Å². The third kappa shape index (κ3) is 5.18. The number of amides is 1. The van der Waals surface area contributed by atoms with Gasteiger partial charge in [0.25, 0.3) is 20.0 Å². The summed E-state index contributed by atoms with van der Waals surface area (Å²) >= 11 is 0. The van der Waals surface area contributed by atoms with Gasteiger partial charge in [-0.25, -0.2) is 25.6 Å². The molecule has 0 radical (unpaired) electrons. The van der Waals surface area contributed by atoms with Gasteiger partial charge in [0.2, 0.25) is 5.91 Å². The van der Waals surface area contributed by atoms with Crippen molar-refractivity contribution in [2.45, 2.75) is 16.2 Å². The smallest absolute Gasteiger partial charge is 0.277 e. The predicted octanol–water partition coefficient (Wildman–Crippen LogP) is 5.21. The quantitative estimate of drug-likeness (QED) is 0.261. The number of hydrogen-bond acceptors (Lipinski definition) is 5. The third-order valence-corrected chi connectivity index (χ3v) is 10.2. The largest absolute Gasteiger partial charge is 0.361 e. The van der Waals surface area contributed by atoms with E-state index in [9.17, 15) is 26.0 Å². The number of rotatable bonds is 8. The number of aromatic nitrogens is 1. The highest BCUT2D eigenvalue weighted by Gasteiger charge is 2.38. The number of benzene rings is 4. The van der Waals surface area contributed by atoms with Gasteiger partial charge in [0, 0.05) is 22.8 Å². The number of anilines is 2. The Hall–Kier alpha value is -4.55. The highest BCUT2D eigenvalue weighted by molar-refractivity contribution is 8.10. The zero-order valence-electron chi connectivity index (χ0n) is 20.6. The van der Waals surface area contributed by atoms with Crippen LogP contribution in [-0.2, 0) is 31.3 Å². The maximum absolute atomic E-state index is 15.2. The van der Waals surface area contributed by atoms with Crippen LogP contribution in [0, 0.1) is 11.6 Å². The molecule has 0 saturated heterocycles. The molecule has 0 atom stereocenters. The van der Waals surface area contributed by atoms with Crippen molar-refractivity contribution in [1.29, 1.82) is 0 Å². The van der Waals surface area contributed by atoms with E-state index in [1.54, 1.807) is 18.3 Å². The van der Waals surface area contributed by atoms with Gasteiger partial charge in [-0.15, -0.1) is 0 Å². The first kappa shape index (κ1) is 27.0. The molecule has 1 aromatic heterocycles. The summed E-state index contributed by atoms with van der Waals surface area (Å²) in [5.74, 6) is -2.13. The Kier molecular flexibility index (Phi) is 7.13. The number of H-pyrrole nitrogens is 1. The molecule has 8 nitrogen and oxygen atoms in total. The molecule has 0 saturated carbocycles. The van der Waals surface area contributed by atoms with Crippen LogP contribution in [0.25, 0.3) is 10.9 Å². The monoisotopic (exact) mass is 581 g/mol. The van der Waals surface area contributed by atoms with Crippen molar-refractivity contribution >= 4 is 48.2 Å². The predicted molar refractivity (Wildman–Crippen MR) is 147 cm³/mol. The van der Waals surface area contributed by atoms with Gasteiger partial charge in [0.15, 0.2) is 0 Å². The van der Waals surface area contributed by atoms with Gasteiger partial charge in [0.05, 0.1) is 16.2 Å². The van der Waals surface area contributed by atoms with Gasteiger partial charge in [-0.2, -0.15) is 3.71 Å². The average Bonchev–Trinajstić information content (AvgIpc) is 3.32. The molecule has 0 aliphatic heterocycles. The van der Waals surface area contributed by atoms with Crippen LogP contribution in [0.5, 0.6) is 0 Å². The average molecular weight is 582 g/mol. The molecule has 40 heavy (non-hydrogen) atoms. The number of aromatic amines is 1. The lowest BCUT2D eigenvalue weighted by Gasteiger charge is -2.25. The van der Waals surface area contributed by atoms with E-state index in [0.717, 1.165) is 12.1 Å². The minimum atomic E-state index is -4.84. The van der Waals surface area contributed by atoms with Crippen molar-refractivity contribution < 1.29 is 30.4 Å². The van der Waals surface area contributed by atoms with E-state index in [2.05, 4.69) is 10.3 Å². The number of nitrogens with one attached hydrogen (secondary N) is 2. The van der Waals surface area contributed by atoms with E-state index in [-0.39, 0.29) is 25.6 Å². The second-order valence-corrected chi connectivity index (χ2v) is 12.5. The first-order valence-electron chi connectivity index (χ1n) is 11.8. The van der Waals surface area contributed by atoms with Crippen molar-refractivity contribution in [3.63, 3.8) is 0 Å². The summed E-state index contributed by atoms with van der Waals surface area (Å²) in [7, 11) is -9.68. The lowest BCUT2D eigenvalue weighted by Crippen LogP contribution is -2.37. The summed E-state index contributed by atoms with van der Waals surface area (Å²) in [5, 5.41) is 3.18. The molecule has 1 heterocycles. The molecular weight excluding hydrogens is 560 g/mol. The molecular formula is C28H21F2N3O5S2. The second-order valence-electron chi connectivity index (χ2n) is 8.73. The molecule has 4 aromatic carbocycles. The Morgan fingerprint density at radius 2 is 1.38 bits per heavy atom. The number of sulfonamides is 2. The number of carbonyl (C=O) groups is 1. The van der Waals surface area contributed by atoms with Crippen molar-refractivity contribution in [2.75, 3.05) is 9.03 Å². The van der Waals surface area contributed by atoms with Crippen LogP contribution in [0.4, 0.5) is 20.2 Å². The van der Waals surface area contributed by atoms with E-state index in [4.69, 9.17) is 0 Å². The Labute approximate surface area is 229 Å². The molecule has 12 heteroatoms. The first-order valence-corrected chi connectivity index (χ1v) is 14.7. The Morgan fingerprint density at radius 3 is 1.98 bits per heavy atom. The fourth-order valence-electron chi connectivity index (χ4n) is 4.18. The van der Waals surface area contributed by atoms with Gasteiger partial charge >= 0.3 is 0 Å². The lowest BCUT2D eigenvalue weighted by atomic mass is 10.1. The van der Waals surface area contributed by atoms with E-state index in [1.807, 2.05) is 0 Å². The zero-order chi connectivity index (χ0) is 28.5. The number of halogens is 2. The summed E-state index contributed by atoms with van der Waals surface area (Å²) in [5.41, 5.74) is 0.228. The molecule has 2 N–H and O–H groups in total. The van der Waals surface area contributed by atoms with E-state index in [1.165, 1.54) is 72.8 Å². The van der Waals surface area contributed by atoms with E-state index in [0.29, 0.717) is 16.5 Å². The van der Waals surface area contributed by atoms with Crippen molar-refractivity contribution in [2.24, 2.45) is 0 Å². The summed E-state index contributed by atoms with van der Waals surface area (Å²) in [4.78, 5) is 15.0. The topological polar surface area (TPSA) is 116 Å². The molecule has 204 valence electrons. The van der Waals surface area contributed by atoms with Crippen LogP contribution in [0.1, 0.15) is 5.56 Å². The molecule has 0 spiro atoms. The minimum absolute atomic E-state index is 0.0316. The fourth-order valence-corrected chi connectivity index (χ4v) is 7.91. The fraction of sp³-hybridized carbons (Fsp3) is 0.0357. The van der Waals surface area contributed by atoms with E-state index < -0.39 is 43.3 Å². The second kappa shape index (κ2) is 10.5. The highest BCUT2D eigenvalue weighted by atomic mass is 32.3. The molecule has 0 aliphatic rings. The van der Waals surface area contributed by atoms with Crippen LogP contribution in [0.15, 0.2) is 113 Å². The maximum atomic E-state index is 15.2. The lowest BCUT2D eigenvalue weighted by molar-refractivity contribution is -0.115. The molecule has 0 fully saturated rings. The van der Waals surface area contributed by atoms with Crippen molar-refractivity contribution in [3.8, 4) is 0 Å². The number of fused-ring (bicyclic) bond motifs is 1. The molecule has 5 rings (SSSR count). The van der Waals surface area contributed by atoms with Crippen LogP contribution >= 0.6 is 0 Å². The molecule has 1 amide bonds. The third-order valence-electron chi connectivity index (χ3n) is 6.03. The Balaban J connectivity index is 1.54. The van der Waals surface area contributed by atoms with E-state index >= 15 is 4.39 Å². The zero-order valence-corrected chi connectivity index (χ0v) is 22.2. The summed E-state index contributed by atoms with van der Waals surface area (Å²) < 4.78 is 83.4. The van der Waals surface area contributed by atoms with Crippen LogP contribution in [-0.4, -0.2) is 27.7 Å². The van der Waals surface area contributed by atoms with Gasteiger partial charge in [-0.05, 0) is 66.2 Å². The number of carbonyl (C=O) groups excluding carboxylic acids is 1. The summed E-state index contributed by atoms with van der Waals surface area (Å²) in [6.45, 7) is 0. The molecule has 0 bridgehead atoms.